The van der Waals surface area contributed by atoms with Crippen LogP contribution in [0.25, 0.3) is 0 Å². The minimum Gasteiger partial charge on any atom is -0.496 e. The maximum atomic E-state index is 12.5. The van der Waals surface area contributed by atoms with Crippen LogP contribution < -0.4 is 28.4 Å². The molecule has 0 spiro atoms. The van der Waals surface area contributed by atoms with Crippen LogP contribution in [0.4, 0.5) is 0 Å². The van der Waals surface area contributed by atoms with Crippen LogP contribution in [0.3, 0.4) is 0 Å². The van der Waals surface area contributed by atoms with Gasteiger partial charge >= 0.3 is 5.97 Å². The van der Waals surface area contributed by atoms with E-state index < -0.39 is 5.97 Å². The zero-order chi connectivity index (χ0) is 18.4. The highest BCUT2D eigenvalue weighted by molar-refractivity contribution is 5.95. The number of benzene rings is 2. The van der Waals surface area contributed by atoms with Crippen molar-refractivity contribution in [3.63, 3.8) is 0 Å². The highest BCUT2D eigenvalue weighted by Gasteiger charge is 2.20. The minimum atomic E-state index is -0.606. The van der Waals surface area contributed by atoms with Crippen molar-refractivity contribution in [3.8, 4) is 34.5 Å². The first-order chi connectivity index (χ1) is 12.1. The van der Waals surface area contributed by atoms with Gasteiger partial charge in [-0.05, 0) is 12.1 Å². The van der Waals surface area contributed by atoms with Crippen LogP contribution in [0, 0.1) is 0 Å². The second-order valence-corrected chi connectivity index (χ2v) is 4.81. The van der Waals surface area contributed by atoms with Gasteiger partial charge < -0.3 is 28.4 Å². The van der Waals surface area contributed by atoms with E-state index in [-0.39, 0.29) is 5.56 Å². The lowest BCUT2D eigenvalue weighted by molar-refractivity contribution is 0.0730. The minimum absolute atomic E-state index is 0.204. The predicted molar refractivity (Wildman–Crippen MR) is 90.6 cm³/mol. The number of hydrogen-bond donors (Lipinski definition) is 0. The van der Waals surface area contributed by atoms with Crippen LogP contribution >= 0.6 is 0 Å². The lowest BCUT2D eigenvalue weighted by Gasteiger charge is -2.14. The maximum absolute atomic E-state index is 12.5. The molecule has 2 aromatic carbocycles. The standard InChI is InChI=1S/C18H20O7/c1-20-13-7-6-11(8-15(13)22-3)25-18(19)12-9-16(23-4)17(24-5)10-14(12)21-2/h6-10H,1-5H3. The first-order valence-corrected chi connectivity index (χ1v) is 7.32. The normalized spacial score (nSPS) is 9.96. The van der Waals surface area contributed by atoms with Gasteiger partial charge in [0, 0.05) is 18.2 Å². The predicted octanol–water partition coefficient (Wildman–Crippen LogP) is 2.95. The Morgan fingerprint density at radius 3 is 1.72 bits per heavy atom. The zero-order valence-corrected chi connectivity index (χ0v) is 14.7. The molecule has 0 saturated carbocycles. The summed E-state index contributed by atoms with van der Waals surface area (Å²) in [4.78, 5) is 12.5. The van der Waals surface area contributed by atoms with E-state index in [1.54, 1.807) is 24.3 Å². The summed E-state index contributed by atoms with van der Waals surface area (Å²) < 4.78 is 31.4. The van der Waals surface area contributed by atoms with Crippen LogP contribution in [-0.2, 0) is 0 Å². The Balaban J connectivity index is 2.34. The van der Waals surface area contributed by atoms with E-state index in [0.29, 0.717) is 34.5 Å². The van der Waals surface area contributed by atoms with Crippen LogP contribution in [0.5, 0.6) is 34.5 Å². The van der Waals surface area contributed by atoms with Gasteiger partial charge in [-0.15, -0.1) is 0 Å². The number of esters is 1. The Morgan fingerprint density at radius 2 is 1.16 bits per heavy atom. The summed E-state index contributed by atoms with van der Waals surface area (Å²) >= 11 is 0. The fourth-order valence-corrected chi connectivity index (χ4v) is 2.23. The largest absolute Gasteiger partial charge is 0.496 e. The van der Waals surface area contributed by atoms with Crippen molar-refractivity contribution in [2.45, 2.75) is 0 Å². The van der Waals surface area contributed by atoms with E-state index in [0.717, 1.165) is 0 Å². The third-order valence-corrected chi connectivity index (χ3v) is 3.49. The Hall–Kier alpha value is -3.09. The fourth-order valence-electron chi connectivity index (χ4n) is 2.23. The van der Waals surface area contributed by atoms with Crippen molar-refractivity contribution in [2.75, 3.05) is 35.5 Å². The highest BCUT2D eigenvalue weighted by Crippen LogP contribution is 2.36. The van der Waals surface area contributed by atoms with E-state index in [4.69, 9.17) is 28.4 Å². The number of hydrogen-bond acceptors (Lipinski definition) is 7. The van der Waals surface area contributed by atoms with Gasteiger partial charge in [0.05, 0.1) is 35.5 Å². The molecule has 0 fully saturated rings. The fraction of sp³-hybridized carbons (Fsp3) is 0.278. The molecule has 0 N–H and O–H groups in total. The summed E-state index contributed by atoms with van der Waals surface area (Å²) in [5.41, 5.74) is 0.204. The summed E-state index contributed by atoms with van der Waals surface area (Å²) in [6, 6.07) is 7.87. The van der Waals surface area contributed by atoms with Gasteiger partial charge in [-0.2, -0.15) is 0 Å². The molecule has 25 heavy (non-hydrogen) atoms. The van der Waals surface area contributed by atoms with E-state index in [9.17, 15) is 4.79 Å². The van der Waals surface area contributed by atoms with Gasteiger partial charge in [0.15, 0.2) is 23.0 Å². The third kappa shape index (κ3) is 3.88. The molecular weight excluding hydrogens is 328 g/mol. The zero-order valence-electron chi connectivity index (χ0n) is 14.7. The van der Waals surface area contributed by atoms with Crippen molar-refractivity contribution in [1.82, 2.24) is 0 Å². The number of rotatable bonds is 7. The van der Waals surface area contributed by atoms with Gasteiger partial charge in [0.1, 0.15) is 17.1 Å². The SMILES string of the molecule is COc1ccc(OC(=O)c2cc(OC)c(OC)cc2OC)cc1OC. The second kappa shape index (κ2) is 8.14. The number of carbonyl (C=O) groups is 1. The molecule has 2 rings (SSSR count). The van der Waals surface area contributed by atoms with Gasteiger partial charge in [-0.3, -0.25) is 0 Å². The van der Waals surface area contributed by atoms with Crippen molar-refractivity contribution >= 4 is 5.97 Å². The molecule has 0 aromatic heterocycles. The van der Waals surface area contributed by atoms with E-state index in [1.807, 2.05) is 0 Å². The first kappa shape index (κ1) is 18.3. The molecule has 0 aliphatic carbocycles. The van der Waals surface area contributed by atoms with E-state index >= 15 is 0 Å². The molecule has 0 aliphatic rings. The molecule has 2 aromatic rings. The van der Waals surface area contributed by atoms with Gasteiger partial charge in [-0.25, -0.2) is 4.79 Å². The highest BCUT2D eigenvalue weighted by atomic mass is 16.5. The van der Waals surface area contributed by atoms with Gasteiger partial charge in [-0.1, -0.05) is 0 Å². The second-order valence-electron chi connectivity index (χ2n) is 4.81. The summed E-state index contributed by atoms with van der Waals surface area (Å²) in [6.07, 6.45) is 0. The summed E-state index contributed by atoms with van der Waals surface area (Å²) in [5, 5.41) is 0. The van der Waals surface area contributed by atoms with E-state index in [2.05, 4.69) is 0 Å². The molecule has 0 unspecified atom stereocenters. The Labute approximate surface area is 146 Å². The number of carbonyl (C=O) groups excluding carboxylic acids is 1. The molecule has 0 heterocycles. The summed E-state index contributed by atoms with van der Waals surface area (Å²) in [7, 11) is 7.46. The summed E-state index contributed by atoms with van der Waals surface area (Å²) in [5.74, 6) is 1.83. The molecule has 7 heteroatoms. The molecular formula is C18H20O7. The molecule has 0 bridgehead atoms. The molecule has 0 aliphatic heterocycles. The molecule has 0 amide bonds. The molecule has 0 radical (unpaired) electrons. The lowest BCUT2D eigenvalue weighted by atomic mass is 10.1. The lowest BCUT2D eigenvalue weighted by Crippen LogP contribution is -2.11. The van der Waals surface area contributed by atoms with Crippen molar-refractivity contribution < 1.29 is 33.2 Å². The molecule has 0 atom stereocenters. The average Bonchev–Trinajstić information content (AvgIpc) is 2.66. The molecule has 0 saturated heterocycles. The van der Waals surface area contributed by atoms with Crippen molar-refractivity contribution in [3.05, 3.63) is 35.9 Å². The Morgan fingerprint density at radius 1 is 0.640 bits per heavy atom. The smallest absolute Gasteiger partial charge is 0.347 e. The monoisotopic (exact) mass is 348 g/mol. The van der Waals surface area contributed by atoms with Crippen LogP contribution in [0.15, 0.2) is 30.3 Å². The number of methoxy groups -OCH3 is 5. The first-order valence-electron chi connectivity index (χ1n) is 7.32. The average molecular weight is 348 g/mol. The topological polar surface area (TPSA) is 72.5 Å². The van der Waals surface area contributed by atoms with Crippen LogP contribution in [-0.4, -0.2) is 41.5 Å². The Bertz CT molecular complexity index is 755. The molecule has 7 nitrogen and oxygen atoms in total. The maximum Gasteiger partial charge on any atom is 0.347 e. The third-order valence-electron chi connectivity index (χ3n) is 3.49. The molecule has 134 valence electrons. The quantitative estimate of drug-likeness (QED) is 0.563. The van der Waals surface area contributed by atoms with Gasteiger partial charge in [0.2, 0.25) is 0 Å². The summed E-state index contributed by atoms with van der Waals surface area (Å²) in [6.45, 7) is 0. The van der Waals surface area contributed by atoms with Gasteiger partial charge in [0.25, 0.3) is 0 Å². The van der Waals surface area contributed by atoms with Crippen LogP contribution in [0.1, 0.15) is 10.4 Å². The number of ether oxygens (including phenoxy) is 6. The van der Waals surface area contributed by atoms with Crippen molar-refractivity contribution in [1.29, 1.82) is 0 Å². The van der Waals surface area contributed by atoms with Crippen molar-refractivity contribution in [2.24, 2.45) is 0 Å². The van der Waals surface area contributed by atoms with Crippen LogP contribution in [0.2, 0.25) is 0 Å². The Kier molecular flexibility index (Phi) is 5.94. The van der Waals surface area contributed by atoms with E-state index in [1.165, 1.54) is 41.6 Å².